The number of thioether (sulfide) groups is 1. The van der Waals surface area contributed by atoms with Gasteiger partial charge in [-0.05, 0) is 42.0 Å². The van der Waals surface area contributed by atoms with E-state index in [1.54, 1.807) is 37.6 Å². The van der Waals surface area contributed by atoms with Gasteiger partial charge in [-0.15, -0.1) is 10.2 Å². The number of amides is 1. The molecule has 4 aromatic rings. The highest BCUT2D eigenvalue weighted by molar-refractivity contribution is 9.10. The molecule has 37 heavy (non-hydrogen) atoms. The second kappa shape index (κ2) is 12.8. The molecule has 1 amide bonds. The van der Waals surface area contributed by atoms with Gasteiger partial charge in [0.2, 0.25) is 11.1 Å². The van der Waals surface area contributed by atoms with Gasteiger partial charge in [0.15, 0.2) is 0 Å². The third kappa shape index (κ3) is 7.48. The Labute approximate surface area is 226 Å². The Bertz CT molecular complexity index is 1400. The number of benzene rings is 3. The minimum Gasteiger partial charge on any atom is -0.497 e. The summed E-state index contributed by atoms with van der Waals surface area (Å²) in [5.74, 6) is 7.51. The van der Waals surface area contributed by atoms with E-state index in [0.717, 1.165) is 27.4 Å². The number of hydrazone groups is 1. The number of ether oxygens (including phenoxy) is 2. The van der Waals surface area contributed by atoms with Crippen LogP contribution in [0, 0.1) is 0 Å². The summed E-state index contributed by atoms with van der Waals surface area (Å²) in [7, 11) is 1.57. The Morgan fingerprint density at radius 1 is 1.14 bits per heavy atom. The second-order valence-corrected chi connectivity index (χ2v) is 9.43. The summed E-state index contributed by atoms with van der Waals surface area (Å²) in [5.41, 5.74) is 5.23. The maximum Gasteiger partial charge on any atom is 0.264 e. The third-order valence-corrected chi connectivity index (χ3v) is 6.36. The van der Waals surface area contributed by atoms with Crippen LogP contribution in [-0.4, -0.2) is 39.9 Å². The first-order valence-electron chi connectivity index (χ1n) is 11.0. The summed E-state index contributed by atoms with van der Waals surface area (Å²) in [6, 6.07) is 22.6. The fraction of sp³-hybridized carbons (Fsp3) is 0.120. The van der Waals surface area contributed by atoms with E-state index < -0.39 is 0 Å². The Morgan fingerprint density at radius 3 is 2.81 bits per heavy atom. The highest BCUT2D eigenvalue weighted by Crippen LogP contribution is 2.21. The molecule has 10 nitrogen and oxygen atoms in total. The van der Waals surface area contributed by atoms with Crippen molar-refractivity contribution in [3.8, 4) is 11.5 Å². The molecule has 0 saturated carbocycles. The van der Waals surface area contributed by atoms with Gasteiger partial charge in [0.05, 0.1) is 19.1 Å². The van der Waals surface area contributed by atoms with Crippen LogP contribution in [0.2, 0.25) is 0 Å². The van der Waals surface area contributed by atoms with Crippen molar-refractivity contribution in [1.82, 2.24) is 14.9 Å². The number of nitrogens with two attached hydrogens (primary N) is 1. The first-order valence-corrected chi connectivity index (χ1v) is 12.8. The van der Waals surface area contributed by atoms with Crippen LogP contribution >= 0.6 is 27.7 Å². The van der Waals surface area contributed by atoms with E-state index in [4.69, 9.17) is 15.3 Å². The number of aromatic nitrogens is 3. The summed E-state index contributed by atoms with van der Waals surface area (Å²) < 4.78 is 13.4. The largest absolute Gasteiger partial charge is 0.497 e. The van der Waals surface area contributed by atoms with E-state index in [0.29, 0.717) is 28.9 Å². The van der Waals surface area contributed by atoms with Gasteiger partial charge in [0, 0.05) is 21.8 Å². The van der Waals surface area contributed by atoms with Gasteiger partial charge < -0.3 is 20.6 Å². The molecule has 0 atom stereocenters. The van der Waals surface area contributed by atoms with Crippen molar-refractivity contribution >= 4 is 51.4 Å². The third-order valence-electron chi connectivity index (χ3n) is 4.92. The molecule has 0 radical (unpaired) electrons. The summed E-state index contributed by atoms with van der Waals surface area (Å²) in [6.45, 7) is 0.417. The molecule has 3 aromatic carbocycles. The number of nitrogen functional groups attached to an aromatic ring is 1. The maximum atomic E-state index is 12.3. The number of rotatable bonds is 11. The van der Waals surface area contributed by atoms with Crippen LogP contribution in [-0.2, 0) is 11.4 Å². The molecule has 4 rings (SSSR count). The Balaban J connectivity index is 1.31. The Morgan fingerprint density at radius 2 is 1.97 bits per heavy atom. The number of carbonyl (C=O) groups is 1. The predicted octanol–water partition coefficient (Wildman–Crippen LogP) is 4.52. The van der Waals surface area contributed by atoms with Crippen molar-refractivity contribution in [3.05, 3.63) is 88.4 Å². The monoisotopic (exact) mass is 581 g/mol. The van der Waals surface area contributed by atoms with Crippen LogP contribution in [0.3, 0.4) is 0 Å². The molecule has 1 heterocycles. The lowest BCUT2D eigenvalue weighted by atomic mass is 10.2. The van der Waals surface area contributed by atoms with Crippen molar-refractivity contribution < 1.29 is 14.3 Å². The van der Waals surface area contributed by atoms with Gasteiger partial charge >= 0.3 is 0 Å². The smallest absolute Gasteiger partial charge is 0.264 e. The minimum absolute atomic E-state index is 0.0957. The molecular weight excluding hydrogens is 558 g/mol. The zero-order valence-electron chi connectivity index (χ0n) is 19.8. The summed E-state index contributed by atoms with van der Waals surface area (Å²) in [5, 5.41) is 15.4. The van der Waals surface area contributed by atoms with Crippen molar-refractivity contribution in [1.29, 1.82) is 0 Å². The van der Waals surface area contributed by atoms with E-state index >= 15 is 0 Å². The molecule has 12 heteroatoms. The van der Waals surface area contributed by atoms with Crippen molar-refractivity contribution in [3.63, 3.8) is 0 Å². The highest BCUT2D eigenvalue weighted by atomic mass is 79.9. The lowest BCUT2D eigenvalue weighted by Crippen LogP contribution is -2.16. The van der Waals surface area contributed by atoms with Crippen LogP contribution in [0.5, 0.6) is 11.5 Å². The number of para-hydroxylation sites is 1. The van der Waals surface area contributed by atoms with Gasteiger partial charge in [-0.1, -0.05) is 58.0 Å². The minimum atomic E-state index is -0.215. The molecule has 0 fully saturated rings. The molecule has 0 unspecified atom stereocenters. The van der Waals surface area contributed by atoms with Crippen LogP contribution in [0.4, 0.5) is 11.6 Å². The molecule has 4 N–H and O–H groups in total. The topological polar surface area (TPSA) is 129 Å². The second-order valence-electron chi connectivity index (χ2n) is 7.57. The van der Waals surface area contributed by atoms with Crippen LogP contribution in [0.15, 0.2) is 87.5 Å². The number of hydrogen-bond acceptors (Lipinski definition) is 9. The average molecular weight is 582 g/mol. The number of nitrogens with zero attached hydrogens (tertiary/aromatic N) is 4. The number of anilines is 2. The number of halogens is 1. The van der Waals surface area contributed by atoms with Gasteiger partial charge in [0.25, 0.3) is 5.95 Å². The van der Waals surface area contributed by atoms with Crippen LogP contribution in [0.1, 0.15) is 11.1 Å². The van der Waals surface area contributed by atoms with Crippen LogP contribution < -0.4 is 26.1 Å². The quantitative estimate of drug-likeness (QED) is 0.102. The molecule has 0 saturated heterocycles. The van der Waals surface area contributed by atoms with Crippen LogP contribution in [0.25, 0.3) is 0 Å². The van der Waals surface area contributed by atoms with Crippen molar-refractivity contribution in [2.24, 2.45) is 5.10 Å². The molecule has 190 valence electrons. The lowest BCUT2D eigenvalue weighted by molar-refractivity contribution is -0.113. The summed E-state index contributed by atoms with van der Waals surface area (Å²) in [4.78, 5) is 12.3. The van der Waals surface area contributed by atoms with E-state index in [9.17, 15) is 4.79 Å². The molecule has 0 aliphatic rings. The average Bonchev–Trinajstić information content (AvgIpc) is 3.26. The number of methoxy groups -OCH3 is 1. The number of nitrogens with one attached hydrogen (secondary N) is 2. The van der Waals surface area contributed by atoms with E-state index in [1.165, 1.54) is 4.68 Å². The van der Waals surface area contributed by atoms with E-state index in [2.05, 4.69) is 42.0 Å². The molecule has 0 bridgehead atoms. The normalized spacial score (nSPS) is 10.9. The first-order chi connectivity index (χ1) is 18.0. The van der Waals surface area contributed by atoms with E-state index in [1.807, 2.05) is 48.5 Å². The van der Waals surface area contributed by atoms with Gasteiger partial charge in [-0.25, -0.2) is 10.1 Å². The molecular formula is C25H24BrN7O3S. The Hall–Kier alpha value is -4.03. The molecule has 1 aromatic heterocycles. The zero-order chi connectivity index (χ0) is 26.0. The molecule has 0 spiro atoms. The standard InChI is InChI=1S/C25H24BrN7O3S/c1-35-21-10-5-9-20(13-21)29-23(34)16-37-25-32-31-24(33(25)27)30-28-14-18-7-2-3-11-22(18)36-15-17-6-4-8-19(26)12-17/h2-14H,15-16,27H2,1H3,(H,29,34)(H,30,31)/b28-14+. The van der Waals surface area contributed by atoms with Crippen molar-refractivity contribution in [2.75, 3.05) is 29.4 Å². The lowest BCUT2D eigenvalue weighted by Gasteiger charge is -2.09. The van der Waals surface area contributed by atoms with Gasteiger partial charge in [-0.3, -0.25) is 4.79 Å². The Kier molecular flexibility index (Phi) is 9.00. The van der Waals surface area contributed by atoms with Gasteiger partial charge in [-0.2, -0.15) is 5.10 Å². The van der Waals surface area contributed by atoms with Gasteiger partial charge in [0.1, 0.15) is 18.1 Å². The first kappa shape index (κ1) is 26.0. The molecule has 0 aliphatic carbocycles. The van der Waals surface area contributed by atoms with Crippen molar-refractivity contribution in [2.45, 2.75) is 11.8 Å². The molecule has 0 aliphatic heterocycles. The number of hydrogen-bond donors (Lipinski definition) is 3. The summed E-state index contributed by atoms with van der Waals surface area (Å²) in [6.07, 6.45) is 1.61. The fourth-order valence-electron chi connectivity index (χ4n) is 3.15. The SMILES string of the molecule is COc1cccc(NC(=O)CSc2nnc(N/N=C/c3ccccc3OCc3cccc(Br)c3)n2N)c1. The summed E-state index contributed by atoms with van der Waals surface area (Å²) >= 11 is 4.62. The maximum absolute atomic E-state index is 12.3. The predicted molar refractivity (Wildman–Crippen MR) is 149 cm³/mol. The number of carbonyl (C=O) groups excluding carboxylic acids is 1. The fourth-order valence-corrected chi connectivity index (χ4v) is 4.25. The highest BCUT2D eigenvalue weighted by Gasteiger charge is 2.12. The zero-order valence-corrected chi connectivity index (χ0v) is 22.2. The van der Waals surface area contributed by atoms with E-state index in [-0.39, 0.29) is 17.6 Å².